The van der Waals surface area contributed by atoms with E-state index >= 15 is 0 Å². The standard InChI is InChI=1S/C14H30N2/c1-11(2)14(9-15-12(3)4)16-8-6-7-13(5)10-16/h11-15H,6-10H2,1-5H3. The molecule has 0 radical (unpaired) electrons. The summed E-state index contributed by atoms with van der Waals surface area (Å²) >= 11 is 0. The number of rotatable bonds is 5. The largest absolute Gasteiger partial charge is 0.313 e. The highest BCUT2D eigenvalue weighted by Gasteiger charge is 2.25. The van der Waals surface area contributed by atoms with Crippen LogP contribution in [-0.4, -0.2) is 36.6 Å². The SMILES string of the molecule is CC1CCCN(C(CNC(C)C)C(C)C)C1. The van der Waals surface area contributed by atoms with Crippen molar-refractivity contribution in [1.29, 1.82) is 0 Å². The monoisotopic (exact) mass is 226 g/mol. The topological polar surface area (TPSA) is 15.3 Å². The van der Waals surface area contributed by atoms with Gasteiger partial charge in [0.05, 0.1) is 0 Å². The molecule has 96 valence electrons. The molecule has 1 heterocycles. The molecule has 0 aromatic heterocycles. The van der Waals surface area contributed by atoms with Crippen LogP contribution >= 0.6 is 0 Å². The maximum absolute atomic E-state index is 3.60. The van der Waals surface area contributed by atoms with E-state index in [0.29, 0.717) is 12.1 Å². The first kappa shape index (κ1) is 14.0. The van der Waals surface area contributed by atoms with Crippen LogP contribution in [0.15, 0.2) is 0 Å². The minimum absolute atomic E-state index is 0.600. The van der Waals surface area contributed by atoms with E-state index in [1.54, 1.807) is 0 Å². The summed E-state index contributed by atoms with van der Waals surface area (Å²) in [6, 6.07) is 1.31. The van der Waals surface area contributed by atoms with Crippen molar-refractivity contribution in [3.05, 3.63) is 0 Å². The van der Waals surface area contributed by atoms with Crippen LogP contribution in [0.4, 0.5) is 0 Å². The molecule has 16 heavy (non-hydrogen) atoms. The highest BCUT2D eigenvalue weighted by Crippen LogP contribution is 2.20. The number of hydrogen-bond acceptors (Lipinski definition) is 2. The van der Waals surface area contributed by atoms with E-state index in [2.05, 4.69) is 44.8 Å². The van der Waals surface area contributed by atoms with Crippen molar-refractivity contribution in [1.82, 2.24) is 10.2 Å². The Morgan fingerprint density at radius 2 is 1.94 bits per heavy atom. The quantitative estimate of drug-likeness (QED) is 0.775. The minimum Gasteiger partial charge on any atom is -0.313 e. The van der Waals surface area contributed by atoms with Crippen molar-refractivity contribution in [3.8, 4) is 0 Å². The lowest BCUT2D eigenvalue weighted by Crippen LogP contribution is -2.50. The van der Waals surface area contributed by atoms with E-state index in [-0.39, 0.29) is 0 Å². The highest BCUT2D eigenvalue weighted by molar-refractivity contribution is 4.81. The van der Waals surface area contributed by atoms with Crippen molar-refractivity contribution in [2.45, 2.75) is 59.5 Å². The molecule has 1 rings (SSSR count). The Balaban J connectivity index is 2.48. The molecule has 1 N–H and O–H groups in total. The van der Waals surface area contributed by atoms with E-state index < -0.39 is 0 Å². The molecule has 0 saturated carbocycles. The van der Waals surface area contributed by atoms with Gasteiger partial charge in [0.1, 0.15) is 0 Å². The molecule has 1 saturated heterocycles. The summed E-state index contributed by atoms with van der Waals surface area (Å²) in [4.78, 5) is 2.70. The summed E-state index contributed by atoms with van der Waals surface area (Å²) in [6.07, 6.45) is 2.80. The predicted octanol–water partition coefficient (Wildman–Crippen LogP) is 2.74. The van der Waals surface area contributed by atoms with Gasteiger partial charge in [0, 0.05) is 25.2 Å². The lowest BCUT2D eigenvalue weighted by molar-refractivity contribution is 0.0986. The molecule has 0 spiro atoms. The number of likely N-dealkylation sites (tertiary alicyclic amines) is 1. The van der Waals surface area contributed by atoms with Gasteiger partial charge in [-0.15, -0.1) is 0 Å². The van der Waals surface area contributed by atoms with Gasteiger partial charge in [0.25, 0.3) is 0 Å². The molecule has 1 aliphatic heterocycles. The van der Waals surface area contributed by atoms with Gasteiger partial charge >= 0.3 is 0 Å². The molecule has 0 aromatic carbocycles. The second-order valence-corrected chi connectivity index (χ2v) is 6.12. The van der Waals surface area contributed by atoms with Crippen LogP contribution in [0.5, 0.6) is 0 Å². The third-order valence-electron chi connectivity index (χ3n) is 3.66. The Hall–Kier alpha value is -0.0800. The summed E-state index contributed by atoms with van der Waals surface area (Å²) in [7, 11) is 0. The zero-order chi connectivity index (χ0) is 12.1. The van der Waals surface area contributed by atoms with Crippen LogP contribution in [0, 0.1) is 11.8 Å². The molecule has 2 nitrogen and oxygen atoms in total. The molecular weight excluding hydrogens is 196 g/mol. The molecule has 2 heteroatoms. The molecule has 0 amide bonds. The van der Waals surface area contributed by atoms with Gasteiger partial charge < -0.3 is 5.32 Å². The Labute approximate surface area is 102 Å². The summed E-state index contributed by atoms with van der Waals surface area (Å²) in [5, 5.41) is 3.60. The van der Waals surface area contributed by atoms with Crippen molar-refractivity contribution in [3.63, 3.8) is 0 Å². The number of piperidine rings is 1. The Morgan fingerprint density at radius 3 is 2.44 bits per heavy atom. The zero-order valence-corrected chi connectivity index (χ0v) is 11.8. The summed E-state index contributed by atoms with van der Waals surface area (Å²) in [6.45, 7) is 15.3. The van der Waals surface area contributed by atoms with Crippen LogP contribution in [-0.2, 0) is 0 Å². The fraction of sp³-hybridized carbons (Fsp3) is 1.00. The molecule has 0 aromatic rings. The number of hydrogen-bond donors (Lipinski definition) is 1. The van der Waals surface area contributed by atoms with Gasteiger partial charge in [-0.25, -0.2) is 0 Å². The average Bonchev–Trinajstić information content (AvgIpc) is 2.17. The van der Waals surface area contributed by atoms with E-state index in [0.717, 1.165) is 18.4 Å². The van der Waals surface area contributed by atoms with Crippen LogP contribution in [0.1, 0.15) is 47.5 Å². The molecule has 2 atom stereocenters. The lowest BCUT2D eigenvalue weighted by Gasteiger charge is -2.39. The maximum atomic E-state index is 3.60. The first-order valence-electron chi connectivity index (χ1n) is 6.98. The van der Waals surface area contributed by atoms with E-state index in [9.17, 15) is 0 Å². The van der Waals surface area contributed by atoms with Crippen molar-refractivity contribution in [2.75, 3.05) is 19.6 Å². The van der Waals surface area contributed by atoms with Crippen LogP contribution in [0.3, 0.4) is 0 Å². The second-order valence-electron chi connectivity index (χ2n) is 6.12. The molecule has 1 aliphatic rings. The number of nitrogens with zero attached hydrogens (tertiary/aromatic N) is 1. The van der Waals surface area contributed by atoms with Crippen LogP contribution in [0.2, 0.25) is 0 Å². The van der Waals surface area contributed by atoms with E-state index in [1.165, 1.54) is 25.9 Å². The molecule has 2 unspecified atom stereocenters. The van der Waals surface area contributed by atoms with Gasteiger partial charge in [0.2, 0.25) is 0 Å². The highest BCUT2D eigenvalue weighted by atomic mass is 15.2. The minimum atomic E-state index is 0.600. The normalized spacial score (nSPS) is 25.3. The molecule has 0 aliphatic carbocycles. The Bertz CT molecular complexity index is 189. The third-order valence-corrected chi connectivity index (χ3v) is 3.66. The average molecular weight is 226 g/mol. The Kier molecular flexibility index (Phi) is 5.77. The molecule has 0 bridgehead atoms. The summed E-state index contributed by atoms with van der Waals surface area (Å²) in [5.41, 5.74) is 0. The first-order valence-corrected chi connectivity index (χ1v) is 6.98. The predicted molar refractivity (Wildman–Crippen MR) is 71.7 cm³/mol. The van der Waals surface area contributed by atoms with Gasteiger partial charge in [-0.2, -0.15) is 0 Å². The summed E-state index contributed by atoms with van der Waals surface area (Å²) in [5.74, 6) is 1.63. The molecular formula is C14H30N2. The number of nitrogens with one attached hydrogen (secondary N) is 1. The third kappa shape index (κ3) is 4.42. The van der Waals surface area contributed by atoms with Crippen LogP contribution < -0.4 is 5.32 Å². The second kappa shape index (κ2) is 6.61. The summed E-state index contributed by atoms with van der Waals surface area (Å²) < 4.78 is 0. The molecule has 1 fully saturated rings. The van der Waals surface area contributed by atoms with Gasteiger partial charge in [-0.3, -0.25) is 4.90 Å². The fourth-order valence-corrected chi connectivity index (χ4v) is 2.67. The lowest BCUT2D eigenvalue weighted by atomic mass is 9.94. The van der Waals surface area contributed by atoms with Gasteiger partial charge in [0.15, 0.2) is 0 Å². The first-order chi connectivity index (χ1) is 7.50. The Morgan fingerprint density at radius 1 is 1.25 bits per heavy atom. The smallest absolute Gasteiger partial charge is 0.0243 e. The van der Waals surface area contributed by atoms with E-state index in [1.807, 2.05) is 0 Å². The van der Waals surface area contributed by atoms with Crippen molar-refractivity contribution < 1.29 is 0 Å². The zero-order valence-electron chi connectivity index (χ0n) is 11.8. The van der Waals surface area contributed by atoms with Gasteiger partial charge in [-0.1, -0.05) is 34.6 Å². The fourth-order valence-electron chi connectivity index (χ4n) is 2.67. The van der Waals surface area contributed by atoms with Gasteiger partial charge in [-0.05, 0) is 31.2 Å². The van der Waals surface area contributed by atoms with Crippen LogP contribution in [0.25, 0.3) is 0 Å². The maximum Gasteiger partial charge on any atom is 0.0243 e. The van der Waals surface area contributed by atoms with Crippen molar-refractivity contribution in [2.24, 2.45) is 11.8 Å². The van der Waals surface area contributed by atoms with E-state index in [4.69, 9.17) is 0 Å². The van der Waals surface area contributed by atoms with Crippen molar-refractivity contribution >= 4 is 0 Å².